The Balaban J connectivity index is 2.05. The van der Waals surface area contributed by atoms with Gasteiger partial charge in [0.25, 0.3) is 0 Å². The lowest BCUT2D eigenvalue weighted by Crippen LogP contribution is -2.34. The number of hydrogen-bond donors (Lipinski definition) is 1. The highest BCUT2D eigenvalue weighted by Gasteiger charge is 2.32. The highest BCUT2D eigenvalue weighted by molar-refractivity contribution is 5.50. The largest absolute Gasteiger partial charge is 0.373 e. The third kappa shape index (κ3) is 3.27. The van der Waals surface area contributed by atoms with E-state index in [0.717, 1.165) is 34.7 Å². The van der Waals surface area contributed by atoms with Crippen LogP contribution in [-0.4, -0.2) is 20.2 Å². The van der Waals surface area contributed by atoms with E-state index in [2.05, 4.69) is 97.9 Å². The zero-order valence-electron chi connectivity index (χ0n) is 15.5. The average molecular weight is 335 g/mol. The van der Waals surface area contributed by atoms with Crippen molar-refractivity contribution < 1.29 is 0 Å². The lowest BCUT2D eigenvalue weighted by Gasteiger charge is -2.30. The van der Waals surface area contributed by atoms with Crippen LogP contribution in [0.15, 0.2) is 42.5 Å². The summed E-state index contributed by atoms with van der Waals surface area (Å²) >= 11 is 0. The summed E-state index contributed by atoms with van der Waals surface area (Å²) in [6.45, 7) is 10.5. The smallest absolute Gasteiger partial charge is 0.181 e. The van der Waals surface area contributed by atoms with Gasteiger partial charge in [-0.15, -0.1) is 5.10 Å². The molecule has 1 N–H and O–H groups in total. The van der Waals surface area contributed by atoms with Gasteiger partial charge in [0.05, 0.1) is 11.2 Å². The summed E-state index contributed by atoms with van der Waals surface area (Å²) in [5.74, 6) is 0.813. The summed E-state index contributed by atoms with van der Waals surface area (Å²) in [5, 5.41) is 16.3. The minimum atomic E-state index is -0.381. The highest BCUT2D eigenvalue weighted by Crippen LogP contribution is 2.30. The first-order valence-electron chi connectivity index (χ1n) is 8.65. The fraction of sp³-hybridized carbons (Fsp3) is 0.350. The topological polar surface area (TPSA) is 55.6 Å². The molecule has 25 heavy (non-hydrogen) atoms. The number of aromatic nitrogens is 4. The molecule has 0 aliphatic carbocycles. The van der Waals surface area contributed by atoms with Crippen LogP contribution in [0.3, 0.4) is 0 Å². The molecule has 0 aliphatic heterocycles. The van der Waals surface area contributed by atoms with Gasteiger partial charge in [-0.2, -0.15) is 4.68 Å². The Morgan fingerprint density at radius 3 is 2.24 bits per heavy atom. The number of nitrogens with zero attached hydrogens (tertiary/aromatic N) is 4. The van der Waals surface area contributed by atoms with E-state index >= 15 is 0 Å². The van der Waals surface area contributed by atoms with Crippen molar-refractivity contribution in [3.05, 3.63) is 65.0 Å². The molecule has 3 rings (SSSR count). The van der Waals surface area contributed by atoms with Crippen LogP contribution in [0.25, 0.3) is 5.69 Å². The molecular weight excluding hydrogens is 310 g/mol. The van der Waals surface area contributed by atoms with Crippen molar-refractivity contribution in [2.45, 2.75) is 46.6 Å². The maximum absolute atomic E-state index is 4.37. The lowest BCUT2D eigenvalue weighted by molar-refractivity contribution is 0.474. The molecule has 1 aromatic heterocycles. The number of tetrazole rings is 1. The molecule has 1 heterocycles. The van der Waals surface area contributed by atoms with E-state index in [-0.39, 0.29) is 5.54 Å². The number of aryl methyl sites for hydroxylation is 3. The van der Waals surface area contributed by atoms with E-state index in [9.17, 15) is 0 Å². The van der Waals surface area contributed by atoms with E-state index in [4.69, 9.17) is 0 Å². The first kappa shape index (κ1) is 17.1. The van der Waals surface area contributed by atoms with Gasteiger partial charge in [-0.25, -0.2) is 0 Å². The third-order valence-electron chi connectivity index (χ3n) is 4.79. The van der Waals surface area contributed by atoms with Crippen LogP contribution < -0.4 is 5.32 Å². The van der Waals surface area contributed by atoms with E-state index < -0.39 is 0 Å². The molecule has 0 spiro atoms. The molecule has 0 amide bonds. The fourth-order valence-electron chi connectivity index (χ4n) is 3.08. The van der Waals surface area contributed by atoms with Crippen LogP contribution >= 0.6 is 0 Å². The molecular formula is C20H25N5. The molecule has 0 aliphatic rings. The van der Waals surface area contributed by atoms with Crippen LogP contribution in [0.5, 0.6) is 0 Å². The monoisotopic (exact) mass is 335 g/mol. The van der Waals surface area contributed by atoms with Gasteiger partial charge in [0.15, 0.2) is 5.82 Å². The van der Waals surface area contributed by atoms with E-state index in [1.807, 2.05) is 4.68 Å². The van der Waals surface area contributed by atoms with Crippen molar-refractivity contribution in [2.75, 3.05) is 5.32 Å². The predicted molar refractivity (Wildman–Crippen MR) is 101 cm³/mol. The predicted octanol–water partition coefficient (Wildman–Crippen LogP) is 4.32. The second-order valence-electron chi connectivity index (χ2n) is 6.83. The van der Waals surface area contributed by atoms with Crippen LogP contribution in [0.4, 0.5) is 5.69 Å². The molecule has 0 fully saturated rings. The summed E-state index contributed by atoms with van der Waals surface area (Å²) in [4.78, 5) is 0. The Morgan fingerprint density at radius 1 is 1.00 bits per heavy atom. The molecule has 1 atom stereocenters. The van der Waals surface area contributed by atoms with Crippen molar-refractivity contribution in [1.29, 1.82) is 0 Å². The normalized spacial score (nSPS) is 13.5. The molecule has 130 valence electrons. The Morgan fingerprint density at radius 2 is 1.64 bits per heavy atom. The van der Waals surface area contributed by atoms with E-state index in [1.54, 1.807) is 0 Å². The molecule has 5 heteroatoms. The standard InChI is InChI=1S/C20H25N5/c1-6-20(5,21-17-12-10-14(2)11-13-17)19-22-23-24-25(19)18-15(3)8-7-9-16(18)4/h7-13,21H,6H2,1-5H3. The van der Waals surface area contributed by atoms with Crippen LogP contribution in [0, 0.1) is 20.8 Å². The van der Waals surface area contributed by atoms with E-state index in [1.165, 1.54) is 5.56 Å². The third-order valence-corrected chi connectivity index (χ3v) is 4.79. The Bertz CT molecular complexity index is 846. The zero-order valence-corrected chi connectivity index (χ0v) is 15.5. The number of hydrogen-bond acceptors (Lipinski definition) is 4. The zero-order chi connectivity index (χ0) is 18.0. The lowest BCUT2D eigenvalue weighted by atomic mass is 9.96. The molecule has 2 aromatic carbocycles. The van der Waals surface area contributed by atoms with Gasteiger partial charge in [-0.1, -0.05) is 42.8 Å². The summed E-state index contributed by atoms with van der Waals surface area (Å²) in [7, 11) is 0. The SMILES string of the molecule is CCC(C)(Nc1ccc(C)cc1)c1nnnn1-c1c(C)cccc1C. The van der Waals surface area contributed by atoms with Crippen molar-refractivity contribution in [1.82, 2.24) is 20.2 Å². The number of anilines is 1. The molecule has 3 aromatic rings. The van der Waals surface area contributed by atoms with Gasteiger partial charge in [-0.3, -0.25) is 0 Å². The molecule has 0 bridgehead atoms. The van der Waals surface area contributed by atoms with Gasteiger partial charge < -0.3 is 5.32 Å². The van der Waals surface area contributed by atoms with Crippen molar-refractivity contribution >= 4 is 5.69 Å². The first-order chi connectivity index (χ1) is 11.9. The first-order valence-corrected chi connectivity index (χ1v) is 8.65. The van der Waals surface area contributed by atoms with Gasteiger partial charge in [0.1, 0.15) is 0 Å². The van der Waals surface area contributed by atoms with E-state index in [0.29, 0.717) is 0 Å². The Labute approximate surface area is 149 Å². The molecule has 0 saturated heterocycles. The van der Waals surface area contributed by atoms with Gasteiger partial charge >= 0.3 is 0 Å². The molecule has 0 saturated carbocycles. The van der Waals surface area contributed by atoms with Crippen LogP contribution in [0.2, 0.25) is 0 Å². The van der Waals surface area contributed by atoms with Crippen molar-refractivity contribution in [3.8, 4) is 5.69 Å². The minimum absolute atomic E-state index is 0.381. The summed E-state index contributed by atoms with van der Waals surface area (Å²) < 4.78 is 1.87. The summed E-state index contributed by atoms with van der Waals surface area (Å²) in [5.41, 5.74) is 5.28. The highest BCUT2D eigenvalue weighted by atomic mass is 15.6. The van der Waals surface area contributed by atoms with Crippen LogP contribution in [-0.2, 0) is 5.54 Å². The second kappa shape index (κ2) is 6.67. The molecule has 0 radical (unpaired) electrons. The number of rotatable bonds is 5. The van der Waals surface area contributed by atoms with Crippen molar-refractivity contribution in [3.63, 3.8) is 0 Å². The fourth-order valence-corrected chi connectivity index (χ4v) is 3.08. The quantitative estimate of drug-likeness (QED) is 0.754. The Kier molecular flexibility index (Phi) is 4.57. The van der Waals surface area contributed by atoms with Gasteiger partial charge in [0.2, 0.25) is 0 Å². The number of nitrogens with one attached hydrogen (secondary N) is 1. The maximum atomic E-state index is 4.37. The maximum Gasteiger partial charge on any atom is 0.181 e. The van der Waals surface area contributed by atoms with Gasteiger partial charge in [0, 0.05) is 5.69 Å². The minimum Gasteiger partial charge on any atom is -0.373 e. The molecule has 1 unspecified atom stereocenters. The second-order valence-corrected chi connectivity index (χ2v) is 6.83. The number of para-hydroxylation sites is 1. The van der Waals surface area contributed by atoms with Crippen LogP contribution in [0.1, 0.15) is 42.8 Å². The number of benzene rings is 2. The summed E-state index contributed by atoms with van der Waals surface area (Å²) in [6.07, 6.45) is 0.853. The van der Waals surface area contributed by atoms with Crippen molar-refractivity contribution in [2.24, 2.45) is 0 Å². The van der Waals surface area contributed by atoms with Gasteiger partial charge in [-0.05, 0) is 67.8 Å². The average Bonchev–Trinajstić information content (AvgIpc) is 3.07. The Hall–Kier alpha value is -2.69. The molecule has 5 nitrogen and oxygen atoms in total. The summed E-state index contributed by atoms with van der Waals surface area (Å²) in [6, 6.07) is 14.6.